The maximum Gasteiger partial charge on any atom is 0.332 e. The van der Waals surface area contributed by atoms with Gasteiger partial charge in [0, 0.05) is 37.6 Å². The van der Waals surface area contributed by atoms with Crippen LogP contribution < -0.4 is 16.6 Å². The van der Waals surface area contributed by atoms with Gasteiger partial charge in [0.25, 0.3) is 5.56 Å². The highest BCUT2D eigenvalue weighted by Gasteiger charge is 2.18. The van der Waals surface area contributed by atoms with Crippen LogP contribution in [-0.2, 0) is 31.9 Å². The normalized spacial score (nSPS) is 11.3. The second-order valence-electron chi connectivity index (χ2n) is 7.19. The Kier molecular flexibility index (Phi) is 6.39. The minimum absolute atomic E-state index is 0.0903. The van der Waals surface area contributed by atoms with Crippen molar-refractivity contribution >= 4 is 56.7 Å². The summed E-state index contributed by atoms with van der Waals surface area (Å²) in [5.41, 5.74) is 0.578. The number of aryl methyl sites for hydroxylation is 1. The number of hydrogen-bond acceptors (Lipinski definition) is 7. The summed E-state index contributed by atoms with van der Waals surface area (Å²) in [4.78, 5) is 46.7. The molecule has 3 heterocycles. The number of rotatable bonds is 6. The molecule has 4 rings (SSSR count). The lowest BCUT2D eigenvalue weighted by Gasteiger charge is -2.06. The molecule has 0 aliphatic rings. The molecule has 172 valence electrons. The van der Waals surface area contributed by atoms with Gasteiger partial charge >= 0.3 is 5.69 Å². The van der Waals surface area contributed by atoms with Crippen molar-refractivity contribution in [3.05, 3.63) is 60.3 Å². The number of halogens is 2. The molecule has 0 saturated heterocycles. The number of imidazole rings is 1. The molecule has 0 atom stereocenters. The van der Waals surface area contributed by atoms with Gasteiger partial charge in [-0.1, -0.05) is 29.3 Å². The van der Waals surface area contributed by atoms with Gasteiger partial charge in [-0.05, 0) is 12.1 Å². The summed E-state index contributed by atoms with van der Waals surface area (Å²) >= 11 is 13.3. The standard InChI is InChI=1S/C20H18Cl2N6O4S/c1-26-17-16(18(31)27(2)20(26)32)28(9-23-17)8-14(30)24-19-25-15(13(33-19)5-6-29)10-3-4-11(21)12(22)7-10/h3-4,7,9,29H,5-6,8H2,1-2H3,(H,24,25,30). The van der Waals surface area contributed by atoms with Gasteiger partial charge in [0.05, 0.1) is 22.1 Å². The Morgan fingerprint density at radius 2 is 1.94 bits per heavy atom. The highest BCUT2D eigenvalue weighted by atomic mass is 35.5. The molecule has 2 N–H and O–H groups in total. The van der Waals surface area contributed by atoms with Crippen LogP contribution in [0.3, 0.4) is 0 Å². The van der Waals surface area contributed by atoms with E-state index in [0.29, 0.717) is 32.9 Å². The van der Waals surface area contributed by atoms with Crippen molar-refractivity contribution in [3.8, 4) is 11.3 Å². The van der Waals surface area contributed by atoms with E-state index in [1.54, 1.807) is 18.2 Å². The monoisotopic (exact) mass is 508 g/mol. The van der Waals surface area contributed by atoms with Crippen LogP contribution in [0.5, 0.6) is 0 Å². The maximum absolute atomic E-state index is 12.7. The predicted octanol–water partition coefficient (Wildman–Crippen LogP) is 2.04. The van der Waals surface area contributed by atoms with Crippen LogP contribution in [0.25, 0.3) is 22.4 Å². The number of thiazole rings is 1. The quantitative estimate of drug-likeness (QED) is 0.410. The van der Waals surface area contributed by atoms with Crippen LogP contribution in [0.1, 0.15) is 4.88 Å². The number of aliphatic hydroxyl groups excluding tert-OH is 1. The Hall–Kier alpha value is -2.99. The summed E-state index contributed by atoms with van der Waals surface area (Å²) in [6, 6.07) is 5.08. The molecule has 0 unspecified atom stereocenters. The molecule has 10 nitrogen and oxygen atoms in total. The molecular weight excluding hydrogens is 491 g/mol. The topological polar surface area (TPSA) is 124 Å². The van der Waals surface area contributed by atoms with Gasteiger partial charge in [0.2, 0.25) is 5.91 Å². The number of aromatic nitrogens is 5. The lowest BCUT2D eigenvalue weighted by atomic mass is 10.1. The minimum atomic E-state index is -0.542. The third-order valence-electron chi connectivity index (χ3n) is 5.01. The van der Waals surface area contributed by atoms with Crippen LogP contribution in [0, 0.1) is 0 Å². The van der Waals surface area contributed by atoms with Gasteiger partial charge in [0.15, 0.2) is 16.3 Å². The zero-order chi connectivity index (χ0) is 23.9. The second kappa shape index (κ2) is 9.10. The molecule has 0 aliphatic heterocycles. The number of benzene rings is 1. The first-order valence-corrected chi connectivity index (χ1v) is 11.2. The molecule has 33 heavy (non-hydrogen) atoms. The summed E-state index contributed by atoms with van der Waals surface area (Å²) in [5, 5.41) is 13.2. The first-order valence-electron chi connectivity index (χ1n) is 9.68. The van der Waals surface area contributed by atoms with Crippen LogP contribution in [-0.4, -0.2) is 41.3 Å². The van der Waals surface area contributed by atoms with Crippen molar-refractivity contribution in [1.29, 1.82) is 0 Å². The molecule has 0 aliphatic carbocycles. The van der Waals surface area contributed by atoms with Gasteiger partial charge < -0.3 is 15.0 Å². The first kappa shape index (κ1) is 23.2. The third kappa shape index (κ3) is 4.32. The highest BCUT2D eigenvalue weighted by Crippen LogP contribution is 2.34. The largest absolute Gasteiger partial charge is 0.396 e. The van der Waals surface area contributed by atoms with Crippen LogP contribution in [0.4, 0.5) is 5.13 Å². The Balaban J connectivity index is 1.63. The number of nitrogens with one attached hydrogen (secondary N) is 1. The highest BCUT2D eigenvalue weighted by molar-refractivity contribution is 7.16. The van der Waals surface area contributed by atoms with Crippen molar-refractivity contribution in [2.75, 3.05) is 11.9 Å². The van der Waals surface area contributed by atoms with Crippen LogP contribution >= 0.6 is 34.5 Å². The van der Waals surface area contributed by atoms with Crippen LogP contribution in [0.2, 0.25) is 10.0 Å². The third-order valence-corrected chi connectivity index (χ3v) is 6.78. The number of carbonyl (C=O) groups excluding carboxylic acids is 1. The summed E-state index contributed by atoms with van der Waals surface area (Å²) in [6.07, 6.45) is 1.69. The van der Waals surface area contributed by atoms with E-state index < -0.39 is 17.2 Å². The average Bonchev–Trinajstić information content (AvgIpc) is 3.37. The van der Waals surface area contributed by atoms with E-state index in [2.05, 4.69) is 15.3 Å². The average molecular weight is 509 g/mol. The first-order chi connectivity index (χ1) is 15.7. The van der Waals surface area contributed by atoms with E-state index in [0.717, 1.165) is 9.44 Å². The lowest BCUT2D eigenvalue weighted by Crippen LogP contribution is -2.37. The van der Waals surface area contributed by atoms with Gasteiger partial charge in [-0.15, -0.1) is 11.3 Å². The molecule has 0 saturated carbocycles. The maximum atomic E-state index is 12.7. The second-order valence-corrected chi connectivity index (χ2v) is 9.09. The summed E-state index contributed by atoms with van der Waals surface area (Å²) < 4.78 is 3.59. The van der Waals surface area contributed by atoms with Crippen molar-refractivity contribution < 1.29 is 9.90 Å². The van der Waals surface area contributed by atoms with Crippen molar-refractivity contribution in [2.45, 2.75) is 13.0 Å². The molecule has 4 aromatic rings. The number of hydrogen-bond donors (Lipinski definition) is 2. The van der Waals surface area contributed by atoms with E-state index in [-0.39, 0.29) is 24.3 Å². The molecule has 0 fully saturated rings. The zero-order valence-electron chi connectivity index (χ0n) is 17.5. The van der Waals surface area contributed by atoms with Gasteiger partial charge in [0.1, 0.15) is 6.54 Å². The van der Waals surface area contributed by atoms with E-state index in [9.17, 15) is 19.5 Å². The molecule has 0 radical (unpaired) electrons. The van der Waals surface area contributed by atoms with Crippen LogP contribution in [0.15, 0.2) is 34.1 Å². The number of nitrogens with zero attached hydrogens (tertiary/aromatic N) is 5. The number of anilines is 1. The van der Waals surface area contributed by atoms with E-state index in [1.807, 2.05) is 0 Å². The van der Waals surface area contributed by atoms with Gasteiger partial charge in [-0.25, -0.2) is 14.8 Å². The van der Waals surface area contributed by atoms with Crippen molar-refractivity contribution in [1.82, 2.24) is 23.7 Å². The minimum Gasteiger partial charge on any atom is -0.396 e. The van der Waals surface area contributed by atoms with E-state index in [4.69, 9.17) is 23.2 Å². The van der Waals surface area contributed by atoms with Gasteiger partial charge in [-0.2, -0.15) is 0 Å². The number of fused-ring (bicyclic) bond motifs is 1. The number of aliphatic hydroxyl groups is 1. The van der Waals surface area contributed by atoms with Crippen molar-refractivity contribution in [2.24, 2.45) is 14.1 Å². The Bertz CT molecular complexity index is 1500. The molecule has 1 amide bonds. The smallest absolute Gasteiger partial charge is 0.332 e. The molecule has 1 aromatic carbocycles. The van der Waals surface area contributed by atoms with Crippen molar-refractivity contribution in [3.63, 3.8) is 0 Å². The Morgan fingerprint density at radius 1 is 1.18 bits per heavy atom. The fourth-order valence-electron chi connectivity index (χ4n) is 3.38. The number of amides is 1. The Labute approximate surface area is 200 Å². The number of carbonyl (C=O) groups is 1. The molecular formula is C20H18Cl2N6O4S. The van der Waals surface area contributed by atoms with Gasteiger partial charge in [-0.3, -0.25) is 18.7 Å². The SMILES string of the molecule is Cn1c(=O)c2c(ncn2CC(=O)Nc2nc(-c3ccc(Cl)c(Cl)c3)c(CCO)s2)n(C)c1=O. The predicted molar refractivity (Wildman–Crippen MR) is 127 cm³/mol. The molecule has 0 bridgehead atoms. The molecule has 13 heteroatoms. The molecule has 3 aromatic heterocycles. The Morgan fingerprint density at radius 3 is 2.64 bits per heavy atom. The molecule has 0 spiro atoms. The summed E-state index contributed by atoms with van der Waals surface area (Å²) in [5.74, 6) is -0.435. The fraction of sp³-hybridized carbons (Fsp3) is 0.250. The van der Waals surface area contributed by atoms with E-state index in [1.165, 1.54) is 40.9 Å². The summed E-state index contributed by atoms with van der Waals surface area (Å²) in [7, 11) is 2.87. The summed E-state index contributed by atoms with van der Waals surface area (Å²) in [6.45, 7) is -0.298. The lowest BCUT2D eigenvalue weighted by molar-refractivity contribution is -0.116. The zero-order valence-corrected chi connectivity index (χ0v) is 19.8. The fourth-order valence-corrected chi connectivity index (χ4v) is 4.66. The van der Waals surface area contributed by atoms with E-state index >= 15 is 0 Å².